The molecular weight excluding hydrogens is 538 g/mol. The van der Waals surface area contributed by atoms with Gasteiger partial charge >= 0.3 is 0 Å². The molecule has 0 aromatic carbocycles. The van der Waals surface area contributed by atoms with Crippen molar-refractivity contribution in [2.24, 2.45) is 5.16 Å². The van der Waals surface area contributed by atoms with Gasteiger partial charge in [0.2, 0.25) is 0 Å². The number of thioether (sulfide) groups is 1. The fourth-order valence-corrected chi connectivity index (χ4v) is 5.49. The van der Waals surface area contributed by atoms with E-state index in [0.717, 1.165) is 11.1 Å². The summed E-state index contributed by atoms with van der Waals surface area (Å²) in [5.74, 6) is -2.76. The van der Waals surface area contributed by atoms with Gasteiger partial charge < -0.3 is 25.0 Å². The van der Waals surface area contributed by atoms with Crippen LogP contribution in [0, 0.1) is 11.5 Å². The lowest BCUT2D eigenvalue weighted by Crippen LogP contribution is -2.71. The van der Waals surface area contributed by atoms with E-state index in [1.165, 1.54) is 29.7 Å². The third kappa shape index (κ3) is 6.05. The molecule has 2 aromatic heterocycles. The summed E-state index contributed by atoms with van der Waals surface area (Å²) in [5, 5.41) is 28.2. The molecule has 13 nitrogen and oxygen atoms in total. The predicted molar refractivity (Wildman–Crippen MR) is 141 cm³/mol. The number of β-lactam (4-membered cyclic amide) rings is 1. The number of oxime groups is 1. The van der Waals surface area contributed by atoms with Gasteiger partial charge in [-0.15, -0.1) is 11.8 Å². The highest BCUT2D eigenvalue weighted by atomic mass is 32.2. The quantitative estimate of drug-likeness (QED) is 0.0651. The molecule has 2 atom stereocenters. The van der Waals surface area contributed by atoms with Gasteiger partial charge in [0.15, 0.2) is 25.1 Å². The highest BCUT2D eigenvalue weighted by molar-refractivity contribution is 8.00. The van der Waals surface area contributed by atoms with Crippen LogP contribution in [0.4, 0.5) is 0 Å². The number of rotatable bonds is 10. The number of H-pyrrole nitrogens is 1. The molecule has 4 rings (SSSR count). The topological polar surface area (TPSA) is 184 Å². The second-order valence-corrected chi connectivity index (χ2v) is 9.84. The molecule has 0 spiro atoms. The first-order valence-electron chi connectivity index (χ1n) is 12.1. The van der Waals surface area contributed by atoms with E-state index in [-0.39, 0.29) is 18.0 Å². The van der Waals surface area contributed by atoms with Crippen molar-refractivity contribution >= 4 is 47.2 Å². The molecule has 0 radical (unpaired) electrons. The number of fused-ring (bicyclic) bond motifs is 1. The van der Waals surface area contributed by atoms with E-state index in [0.29, 0.717) is 23.6 Å². The number of amides is 3. The van der Waals surface area contributed by atoms with Crippen LogP contribution in [0.3, 0.4) is 0 Å². The number of aromatic nitrogens is 2. The first-order chi connectivity index (χ1) is 19.2. The van der Waals surface area contributed by atoms with E-state index in [9.17, 15) is 24.3 Å². The average Bonchev–Trinajstić information content (AvgIpc) is 3.42. The summed E-state index contributed by atoms with van der Waals surface area (Å²) in [5.41, 5.74) is 2.79. The molecule has 2 aliphatic rings. The zero-order chi connectivity index (χ0) is 28.8. The fraction of sp³-hybridized carbons (Fsp3) is 0.269. The van der Waals surface area contributed by atoms with Crippen molar-refractivity contribution in [3.05, 3.63) is 59.8 Å². The van der Waals surface area contributed by atoms with E-state index < -0.39 is 35.1 Å². The lowest BCUT2D eigenvalue weighted by atomic mass is 10.0. The number of hydrogen-bond acceptors (Lipinski definition) is 9. The Labute approximate surface area is 233 Å². The summed E-state index contributed by atoms with van der Waals surface area (Å²) in [6.45, 7) is 3.69. The van der Waals surface area contributed by atoms with Gasteiger partial charge in [-0.3, -0.25) is 24.6 Å². The van der Waals surface area contributed by atoms with E-state index in [1.54, 1.807) is 42.4 Å². The Morgan fingerprint density at radius 1 is 1.35 bits per heavy atom. The van der Waals surface area contributed by atoms with Crippen LogP contribution < -0.4 is 20.3 Å². The van der Waals surface area contributed by atoms with Crippen LogP contribution in [0.5, 0.6) is 0 Å². The minimum Gasteiger partial charge on any atom is -0.543 e. The zero-order valence-electron chi connectivity index (χ0n) is 21.5. The summed E-state index contributed by atoms with van der Waals surface area (Å²) in [6, 6.07) is 4.65. The number of aliphatic carboxylic acids is 1. The molecule has 3 N–H and O–H groups in total. The van der Waals surface area contributed by atoms with Crippen molar-refractivity contribution in [1.82, 2.24) is 20.5 Å². The Balaban J connectivity index is 1.44. The van der Waals surface area contributed by atoms with Gasteiger partial charge in [-0.1, -0.05) is 5.16 Å². The number of carboxylic acid groups (broad SMARTS) is 1. The van der Waals surface area contributed by atoms with Crippen LogP contribution in [-0.2, 0) is 30.6 Å². The normalized spacial score (nSPS) is 18.6. The van der Waals surface area contributed by atoms with Gasteiger partial charge in [-0.25, -0.2) is 4.57 Å². The molecule has 1 fully saturated rings. The summed E-state index contributed by atoms with van der Waals surface area (Å²) in [7, 11) is 0. The molecule has 2 aromatic rings. The monoisotopic (exact) mass is 563 g/mol. The van der Waals surface area contributed by atoms with Gasteiger partial charge in [0.25, 0.3) is 17.7 Å². The molecule has 1 saturated heterocycles. The maximum absolute atomic E-state index is 12.9. The highest BCUT2D eigenvalue weighted by Gasteiger charge is 2.53. The predicted octanol–water partition coefficient (Wildman–Crippen LogP) is -0.604. The first-order valence-corrected chi connectivity index (χ1v) is 13.2. The van der Waals surface area contributed by atoms with Crippen molar-refractivity contribution in [3.63, 3.8) is 0 Å². The molecule has 2 unspecified atom stereocenters. The second-order valence-electron chi connectivity index (χ2n) is 8.73. The zero-order valence-corrected chi connectivity index (χ0v) is 22.4. The Bertz CT molecular complexity index is 1470. The maximum Gasteiger partial charge on any atom is 0.269 e. The van der Waals surface area contributed by atoms with Crippen LogP contribution >= 0.6 is 11.8 Å². The van der Waals surface area contributed by atoms with Gasteiger partial charge in [-0.2, -0.15) is 5.26 Å². The average molecular weight is 564 g/mol. The first kappa shape index (κ1) is 28.1. The van der Waals surface area contributed by atoms with Crippen LogP contribution in [0.2, 0.25) is 0 Å². The van der Waals surface area contributed by atoms with Gasteiger partial charge in [0.05, 0.1) is 11.7 Å². The number of nitriles is 1. The second kappa shape index (κ2) is 12.3. The SMILES string of the molecule is CCO/N=C(\C)C(=O)NC1C(=O)N2C(C(=O)[O-])=C(C[n+]3ccc(-c4c[nH]c(/C=C\C(=O)NC#N)c4)cc3)CSC12. The molecule has 206 valence electrons. The fourth-order valence-electron chi connectivity index (χ4n) is 4.15. The van der Waals surface area contributed by atoms with E-state index in [1.807, 2.05) is 23.5 Å². The molecule has 2 aliphatic heterocycles. The number of nitrogens with zero attached hydrogens (tertiary/aromatic N) is 4. The van der Waals surface area contributed by atoms with Crippen LogP contribution in [0.25, 0.3) is 17.2 Å². The van der Waals surface area contributed by atoms with Gasteiger partial charge in [0, 0.05) is 47.0 Å². The molecule has 4 heterocycles. The lowest BCUT2D eigenvalue weighted by molar-refractivity contribution is -0.689. The van der Waals surface area contributed by atoms with Gasteiger partial charge in [-0.05, 0) is 31.6 Å². The third-order valence-electron chi connectivity index (χ3n) is 6.08. The summed E-state index contributed by atoms with van der Waals surface area (Å²) >= 11 is 1.36. The van der Waals surface area contributed by atoms with Crippen molar-refractivity contribution in [3.8, 4) is 17.3 Å². The highest BCUT2D eigenvalue weighted by Crippen LogP contribution is 2.40. The molecule has 0 aliphatic carbocycles. The lowest BCUT2D eigenvalue weighted by Gasteiger charge is -2.50. The van der Waals surface area contributed by atoms with Crippen molar-refractivity contribution < 1.29 is 33.7 Å². The smallest absolute Gasteiger partial charge is 0.269 e. The summed E-state index contributed by atoms with van der Waals surface area (Å²) in [6.07, 6.45) is 9.69. The number of hydrogen-bond donors (Lipinski definition) is 3. The Morgan fingerprint density at radius 2 is 2.10 bits per heavy atom. The Hall–Kier alpha value is -4.90. The number of aromatic amines is 1. The molecular formula is C26H25N7O6S. The van der Waals surface area contributed by atoms with Crippen molar-refractivity contribution in [2.45, 2.75) is 31.8 Å². The van der Waals surface area contributed by atoms with Crippen LogP contribution in [0.15, 0.2) is 59.3 Å². The molecule has 0 bridgehead atoms. The third-order valence-corrected chi connectivity index (χ3v) is 7.42. The molecule has 3 amide bonds. The molecule has 40 heavy (non-hydrogen) atoms. The van der Waals surface area contributed by atoms with Crippen molar-refractivity contribution in [2.75, 3.05) is 12.4 Å². The maximum atomic E-state index is 12.9. The Morgan fingerprint density at radius 3 is 2.77 bits per heavy atom. The summed E-state index contributed by atoms with van der Waals surface area (Å²) < 4.78 is 1.79. The largest absolute Gasteiger partial charge is 0.543 e. The van der Waals surface area contributed by atoms with E-state index in [2.05, 4.69) is 15.5 Å². The van der Waals surface area contributed by atoms with Crippen LogP contribution in [-0.4, -0.2) is 63.1 Å². The number of carbonyl (C=O) groups is 4. The summed E-state index contributed by atoms with van der Waals surface area (Å²) in [4.78, 5) is 57.7. The molecule has 14 heteroatoms. The van der Waals surface area contributed by atoms with Gasteiger partial charge in [0.1, 0.15) is 23.7 Å². The number of carbonyl (C=O) groups excluding carboxylic acids is 4. The van der Waals surface area contributed by atoms with Crippen molar-refractivity contribution in [1.29, 1.82) is 5.26 Å². The minimum absolute atomic E-state index is 0.0560. The number of pyridine rings is 1. The Kier molecular flexibility index (Phi) is 8.65. The minimum atomic E-state index is -1.46. The standard InChI is InChI=1S/C26H25N7O6S/c1-3-39-31-15(2)23(35)30-21-24(36)33-22(26(37)38)18(13-40-25(21)33)12-32-8-6-16(7-9-32)17-10-19(28-11-17)4-5-20(34)29-14-27/h4-11,21,25H,3,12-13H2,1-2H3,(H3,29,30,34,35,37,38)/b5-4-,31-15+. The number of carboxylic acids is 1. The molecule has 0 saturated carbocycles. The van der Waals surface area contributed by atoms with E-state index in [4.69, 9.17) is 10.1 Å². The number of nitrogens with one attached hydrogen (secondary N) is 3. The van der Waals surface area contributed by atoms with E-state index >= 15 is 0 Å². The van der Waals surface area contributed by atoms with Crippen LogP contribution in [0.1, 0.15) is 19.5 Å².